The largest absolute Gasteiger partial charge is 0.493 e. The molecule has 0 spiro atoms. The number of methoxy groups -OCH3 is 4. The van der Waals surface area contributed by atoms with Crippen molar-refractivity contribution in [2.24, 2.45) is 0 Å². The molecule has 0 bridgehead atoms. The second-order valence-corrected chi connectivity index (χ2v) is 14.0. The maximum Gasteiger partial charge on any atom is 0.161 e. The first-order chi connectivity index (χ1) is 22.0. The molecule has 46 heavy (non-hydrogen) atoms. The van der Waals surface area contributed by atoms with Crippen LogP contribution in [0, 0.1) is 0 Å². The summed E-state index contributed by atoms with van der Waals surface area (Å²) in [5, 5.41) is 2.57. The van der Waals surface area contributed by atoms with Gasteiger partial charge < -0.3 is 18.9 Å². The van der Waals surface area contributed by atoms with Crippen molar-refractivity contribution in [3.63, 3.8) is 0 Å². The van der Waals surface area contributed by atoms with E-state index in [1.165, 1.54) is 44.2 Å². The maximum absolute atomic E-state index is 5.95. The van der Waals surface area contributed by atoms with E-state index in [9.17, 15) is 0 Å². The Labute approximate surface area is 274 Å². The monoisotopic (exact) mass is 614 g/mol. The number of hydrogen-bond donors (Lipinski definition) is 0. The van der Waals surface area contributed by atoms with E-state index in [0.717, 1.165) is 17.5 Å². The van der Waals surface area contributed by atoms with E-state index in [2.05, 4.69) is 114 Å². The fourth-order valence-corrected chi connectivity index (χ4v) is 7.32. The normalized spacial score (nSPS) is 13.7. The van der Waals surface area contributed by atoms with Crippen LogP contribution >= 0.6 is 0 Å². The molecule has 0 saturated heterocycles. The number of rotatable bonds is 8. The molecule has 1 aliphatic rings. The van der Waals surface area contributed by atoms with Crippen LogP contribution in [-0.4, -0.2) is 28.4 Å². The molecule has 0 amide bonds. The smallest absolute Gasteiger partial charge is 0.161 e. The average molecular weight is 615 g/mol. The Bertz CT molecular complexity index is 1890. The van der Waals surface area contributed by atoms with Crippen LogP contribution in [0.15, 0.2) is 84.9 Å². The molecule has 4 nitrogen and oxygen atoms in total. The van der Waals surface area contributed by atoms with Gasteiger partial charge in [0.05, 0.1) is 33.9 Å². The van der Waals surface area contributed by atoms with E-state index >= 15 is 0 Å². The minimum atomic E-state index is -0.701. The van der Waals surface area contributed by atoms with Crippen molar-refractivity contribution >= 4 is 10.8 Å². The zero-order valence-electron chi connectivity index (χ0n) is 28.9. The SMILES string of the molecule is CCC(C)(C)c1cc2c(c3ccccc13)-c1ccc(C(C)(C)C)cc1C2(c1ccc(OC)c(OC)c1)c1ccc(OC)c(OC)c1. The van der Waals surface area contributed by atoms with Crippen LogP contribution in [-0.2, 0) is 16.2 Å². The molecule has 5 aromatic rings. The van der Waals surface area contributed by atoms with E-state index in [0.29, 0.717) is 23.0 Å². The van der Waals surface area contributed by atoms with Gasteiger partial charge in [-0.05, 0) is 96.8 Å². The third-order valence-electron chi connectivity index (χ3n) is 10.3. The molecule has 0 atom stereocenters. The van der Waals surface area contributed by atoms with Crippen molar-refractivity contribution in [1.82, 2.24) is 0 Å². The van der Waals surface area contributed by atoms with Crippen molar-refractivity contribution in [3.05, 3.63) is 118 Å². The molecule has 1 aliphatic carbocycles. The van der Waals surface area contributed by atoms with E-state index in [-0.39, 0.29) is 10.8 Å². The highest BCUT2D eigenvalue weighted by Crippen LogP contribution is 2.60. The van der Waals surface area contributed by atoms with Gasteiger partial charge >= 0.3 is 0 Å². The minimum Gasteiger partial charge on any atom is -0.493 e. The van der Waals surface area contributed by atoms with Crippen LogP contribution in [0.4, 0.5) is 0 Å². The number of hydrogen-bond acceptors (Lipinski definition) is 4. The Morgan fingerprint density at radius 2 is 1.11 bits per heavy atom. The molecular formula is C42H46O4. The van der Waals surface area contributed by atoms with E-state index < -0.39 is 5.41 Å². The summed E-state index contributed by atoms with van der Waals surface area (Å²) < 4.78 is 23.4. The molecule has 5 aromatic carbocycles. The molecular weight excluding hydrogens is 568 g/mol. The molecule has 0 N–H and O–H groups in total. The van der Waals surface area contributed by atoms with Crippen molar-refractivity contribution in [2.45, 2.75) is 64.2 Å². The van der Waals surface area contributed by atoms with Gasteiger partial charge in [-0.15, -0.1) is 0 Å². The molecule has 0 saturated carbocycles. The van der Waals surface area contributed by atoms with Gasteiger partial charge in [-0.2, -0.15) is 0 Å². The van der Waals surface area contributed by atoms with Gasteiger partial charge in [0.15, 0.2) is 23.0 Å². The van der Waals surface area contributed by atoms with Crippen LogP contribution in [0.5, 0.6) is 23.0 Å². The standard InChI is InChI=1S/C42H46O4/c1-11-41(5,6)32-25-34-39(30-15-13-12-14-29(30)32)31-19-16-26(40(2,3)4)22-33(31)42(34,27-17-20-35(43-7)37(23-27)45-9)28-18-21-36(44-8)38(24-28)46-10/h12-25H,11H2,1-10H3. The van der Waals surface area contributed by atoms with Gasteiger partial charge in [-0.25, -0.2) is 0 Å². The molecule has 0 fully saturated rings. The first-order valence-electron chi connectivity index (χ1n) is 16.1. The van der Waals surface area contributed by atoms with Gasteiger partial charge in [0.2, 0.25) is 0 Å². The lowest BCUT2D eigenvalue weighted by Crippen LogP contribution is -2.30. The van der Waals surface area contributed by atoms with Crippen LogP contribution in [0.1, 0.15) is 81.3 Å². The van der Waals surface area contributed by atoms with E-state index in [4.69, 9.17) is 18.9 Å². The summed E-state index contributed by atoms with van der Waals surface area (Å²) in [4.78, 5) is 0. The fourth-order valence-electron chi connectivity index (χ4n) is 7.32. The number of fused-ring (bicyclic) bond motifs is 5. The highest BCUT2D eigenvalue weighted by atomic mass is 16.5. The lowest BCUT2D eigenvalue weighted by Gasteiger charge is -2.36. The van der Waals surface area contributed by atoms with Gasteiger partial charge in [0.1, 0.15) is 0 Å². The summed E-state index contributed by atoms with van der Waals surface area (Å²) in [5.74, 6) is 2.78. The van der Waals surface area contributed by atoms with E-state index in [1.54, 1.807) is 28.4 Å². The van der Waals surface area contributed by atoms with Gasteiger partial charge in [-0.3, -0.25) is 0 Å². The topological polar surface area (TPSA) is 36.9 Å². The zero-order valence-corrected chi connectivity index (χ0v) is 28.9. The molecule has 0 heterocycles. The number of benzene rings is 5. The van der Waals surface area contributed by atoms with Crippen molar-refractivity contribution < 1.29 is 18.9 Å². The molecule has 0 aromatic heterocycles. The molecule has 0 aliphatic heterocycles. The van der Waals surface area contributed by atoms with Crippen molar-refractivity contribution in [2.75, 3.05) is 28.4 Å². The Hall–Kier alpha value is -4.44. The Balaban J connectivity index is 1.89. The minimum absolute atomic E-state index is 0.0534. The molecule has 6 rings (SSSR count). The lowest BCUT2D eigenvalue weighted by atomic mass is 9.65. The predicted octanol–water partition coefficient (Wildman–Crippen LogP) is 10.2. The highest BCUT2D eigenvalue weighted by Gasteiger charge is 2.49. The summed E-state index contributed by atoms with van der Waals surface area (Å²) in [6.07, 6.45) is 1.01. The van der Waals surface area contributed by atoms with Crippen molar-refractivity contribution in [1.29, 1.82) is 0 Å². The third kappa shape index (κ3) is 4.64. The van der Waals surface area contributed by atoms with Crippen LogP contribution < -0.4 is 18.9 Å². The zero-order chi connectivity index (χ0) is 33.0. The Kier molecular flexibility index (Phi) is 7.83. The second kappa shape index (κ2) is 11.4. The molecule has 0 unspecified atom stereocenters. The Morgan fingerprint density at radius 1 is 0.565 bits per heavy atom. The van der Waals surface area contributed by atoms with Gasteiger partial charge in [-0.1, -0.05) is 102 Å². The maximum atomic E-state index is 5.95. The lowest BCUT2D eigenvalue weighted by molar-refractivity contribution is 0.353. The Morgan fingerprint density at radius 3 is 1.61 bits per heavy atom. The molecule has 238 valence electrons. The van der Waals surface area contributed by atoms with Crippen molar-refractivity contribution in [3.8, 4) is 34.1 Å². The fraction of sp³-hybridized carbons (Fsp3) is 0.333. The van der Waals surface area contributed by atoms with Gasteiger partial charge in [0, 0.05) is 0 Å². The second-order valence-electron chi connectivity index (χ2n) is 14.0. The summed E-state index contributed by atoms with van der Waals surface area (Å²) in [6, 6.07) is 31.2. The highest BCUT2D eigenvalue weighted by molar-refractivity contribution is 6.06. The first kappa shape index (κ1) is 31.5. The van der Waals surface area contributed by atoms with Crippen LogP contribution in [0.3, 0.4) is 0 Å². The quantitative estimate of drug-likeness (QED) is 0.171. The number of ether oxygens (including phenoxy) is 4. The summed E-state index contributed by atoms with van der Waals surface area (Å²) in [7, 11) is 6.77. The summed E-state index contributed by atoms with van der Waals surface area (Å²) in [6.45, 7) is 13.8. The first-order valence-corrected chi connectivity index (χ1v) is 16.1. The van der Waals surface area contributed by atoms with E-state index in [1.807, 2.05) is 12.1 Å². The van der Waals surface area contributed by atoms with Crippen LogP contribution in [0.25, 0.3) is 21.9 Å². The average Bonchev–Trinajstić information content (AvgIpc) is 3.37. The summed E-state index contributed by atoms with van der Waals surface area (Å²) in [5.41, 5.74) is 9.01. The van der Waals surface area contributed by atoms with Crippen LogP contribution in [0.2, 0.25) is 0 Å². The van der Waals surface area contributed by atoms with Gasteiger partial charge in [0.25, 0.3) is 0 Å². The summed E-state index contributed by atoms with van der Waals surface area (Å²) >= 11 is 0. The molecule has 4 heteroatoms. The molecule has 0 radical (unpaired) electrons. The third-order valence-corrected chi connectivity index (χ3v) is 10.3. The predicted molar refractivity (Wildman–Crippen MR) is 189 cm³/mol.